The van der Waals surface area contributed by atoms with E-state index in [-0.39, 0.29) is 10.5 Å². The molecule has 0 spiro atoms. The molecule has 21 heavy (non-hydrogen) atoms. The van der Waals surface area contributed by atoms with Gasteiger partial charge in [0.15, 0.2) is 0 Å². The predicted octanol–water partition coefficient (Wildman–Crippen LogP) is 0.550. The highest BCUT2D eigenvalue weighted by atomic mass is 32.2. The average molecular weight is 311 g/mol. The summed E-state index contributed by atoms with van der Waals surface area (Å²) >= 11 is 0. The summed E-state index contributed by atoms with van der Waals surface area (Å²) in [5.74, 6) is -0.639. The summed E-state index contributed by atoms with van der Waals surface area (Å²) in [6.07, 6.45) is 3.60. The van der Waals surface area contributed by atoms with Crippen LogP contribution in [0.25, 0.3) is 0 Å². The van der Waals surface area contributed by atoms with Gasteiger partial charge < -0.3 is 10.6 Å². The lowest BCUT2D eigenvalue weighted by molar-refractivity contribution is 0.1000. The molecule has 6 nitrogen and oxygen atoms in total. The minimum atomic E-state index is -3.60. The summed E-state index contributed by atoms with van der Waals surface area (Å²) in [5.41, 5.74) is 5.35. The van der Waals surface area contributed by atoms with Gasteiger partial charge in [0.05, 0.1) is 4.90 Å². The van der Waals surface area contributed by atoms with Crippen LogP contribution in [0.5, 0.6) is 0 Å². The molecular formula is C14H21N3O3S. The third kappa shape index (κ3) is 4.52. The van der Waals surface area contributed by atoms with Crippen molar-refractivity contribution in [2.75, 3.05) is 26.2 Å². The smallest absolute Gasteiger partial charge is 0.248 e. The van der Waals surface area contributed by atoms with Crippen molar-refractivity contribution in [3.05, 3.63) is 29.8 Å². The zero-order valence-corrected chi connectivity index (χ0v) is 12.7. The SMILES string of the molecule is NC(=O)c1cccc(S(=O)(=O)NCCN2CCCCC2)c1. The maximum atomic E-state index is 12.2. The van der Waals surface area contributed by atoms with Crippen LogP contribution in [0, 0.1) is 0 Å². The molecule has 3 N–H and O–H groups in total. The standard InChI is InChI=1S/C14H21N3O3S/c15-14(18)12-5-4-6-13(11-12)21(19,20)16-7-10-17-8-2-1-3-9-17/h4-6,11,16H,1-3,7-10H2,(H2,15,18). The average Bonchev–Trinajstić information content (AvgIpc) is 2.48. The Balaban J connectivity index is 1.94. The molecule has 7 heteroatoms. The molecule has 1 aromatic rings. The first-order valence-corrected chi connectivity index (χ1v) is 8.59. The van der Waals surface area contributed by atoms with Crippen LogP contribution in [0.2, 0.25) is 0 Å². The Morgan fingerprint density at radius 2 is 1.95 bits per heavy atom. The van der Waals surface area contributed by atoms with Crippen LogP contribution < -0.4 is 10.5 Å². The molecule has 0 radical (unpaired) electrons. The van der Waals surface area contributed by atoms with E-state index in [0.29, 0.717) is 13.1 Å². The first kappa shape index (κ1) is 15.9. The maximum Gasteiger partial charge on any atom is 0.248 e. The van der Waals surface area contributed by atoms with Gasteiger partial charge in [-0.25, -0.2) is 13.1 Å². The molecule has 1 heterocycles. The molecule has 1 aliphatic heterocycles. The predicted molar refractivity (Wildman–Crippen MR) is 80.4 cm³/mol. The third-order valence-corrected chi connectivity index (χ3v) is 5.06. The van der Waals surface area contributed by atoms with Gasteiger partial charge in [-0.3, -0.25) is 4.79 Å². The van der Waals surface area contributed by atoms with Crippen LogP contribution in [-0.4, -0.2) is 45.4 Å². The van der Waals surface area contributed by atoms with Crippen LogP contribution in [-0.2, 0) is 10.0 Å². The fourth-order valence-electron chi connectivity index (χ4n) is 2.42. The summed E-state index contributed by atoms with van der Waals surface area (Å²) < 4.78 is 26.9. The molecule has 0 aliphatic carbocycles. The van der Waals surface area contributed by atoms with E-state index in [1.54, 1.807) is 0 Å². The number of hydrogen-bond acceptors (Lipinski definition) is 4. The van der Waals surface area contributed by atoms with Gasteiger partial charge in [-0.2, -0.15) is 0 Å². The van der Waals surface area contributed by atoms with Gasteiger partial charge in [-0.05, 0) is 44.1 Å². The van der Waals surface area contributed by atoms with Crippen molar-refractivity contribution in [1.82, 2.24) is 9.62 Å². The van der Waals surface area contributed by atoms with Crippen LogP contribution >= 0.6 is 0 Å². The van der Waals surface area contributed by atoms with E-state index in [1.165, 1.54) is 43.5 Å². The molecular weight excluding hydrogens is 290 g/mol. The molecule has 0 bridgehead atoms. The number of nitrogens with two attached hydrogens (primary N) is 1. The fraction of sp³-hybridized carbons (Fsp3) is 0.500. The Hall–Kier alpha value is -1.44. The lowest BCUT2D eigenvalue weighted by atomic mass is 10.1. The summed E-state index contributed by atoms with van der Waals surface area (Å²) in [6, 6.07) is 5.76. The Morgan fingerprint density at radius 1 is 1.24 bits per heavy atom. The largest absolute Gasteiger partial charge is 0.366 e. The molecule has 2 rings (SSSR count). The van der Waals surface area contributed by atoms with Crippen molar-refractivity contribution in [2.45, 2.75) is 24.2 Å². The molecule has 116 valence electrons. The van der Waals surface area contributed by atoms with Gasteiger partial charge in [0.1, 0.15) is 0 Å². The maximum absolute atomic E-state index is 12.2. The molecule has 0 aromatic heterocycles. The van der Waals surface area contributed by atoms with Crippen molar-refractivity contribution in [2.24, 2.45) is 5.73 Å². The van der Waals surface area contributed by atoms with Crippen LogP contribution in [0.1, 0.15) is 29.6 Å². The van der Waals surface area contributed by atoms with Gasteiger partial charge in [0.25, 0.3) is 0 Å². The van der Waals surface area contributed by atoms with E-state index in [9.17, 15) is 13.2 Å². The van der Waals surface area contributed by atoms with Crippen LogP contribution in [0.3, 0.4) is 0 Å². The number of carbonyl (C=O) groups is 1. The summed E-state index contributed by atoms with van der Waals surface area (Å²) in [7, 11) is -3.60. The van der Waals surface area contributed by atoms with Crippen molar-refractivity contribution >= 4 is 15.9 Å². The molecule has 1 fully saturated rings. The fourth-order valence-corrected chi connectivity index (χ4v) is 3.49. The zero-order valence-electron chi connectivity index (χ0n) is 11.9. The minimum Gasteiger partial charge on any atom is -0.366 e. The topological polar surface area (TPSA) is 92.5 Å². The van der Waals surface area contributed by atoms with Gasteiger partial charge >= 0.3 is 0 Å². The normalized spacial score (nSPS) is 16.8. The summed E-state index contributed by atoms with van der Waals surface area (Å²) in [6.45, 7) is 3.12. The van der Waals surface area contributed by atoms with Gasteiger partial charge in [-0.1, -0.05) is 12.5 Å². The van der Waals surface area contributed by atoms with Crippen LogP contribution in [0.4, 0.5) is 0 Å². The number of carbonyl (C=O) groups excluding carboxylic acids is 1. The van der Waals surface area contributed by atoms with Gasteiger partial charge in [0, 0.05) is 18.7 Å². The first-order chi connectivity index (χ1) is 9.99. The van der Waals surface area contributed by atoms with Gasteiger partial charge in [-0.15, -0.1) is 0 Å². The Morgan fingerprint density at radius 3 is 2.62 bits per heavy atom. The zero-order chi connectivity index (χ0) is 15.3. The van der Waals surface area contributed by atoms with Crippen molar-refractivity contribution in [3.8, 4) is 0 Å². The molecule has 1 aromatic carbocycles. The third-order valence-electron chi connectivity index (χ3n) is 3.60. The minimum absolute atomic E-state index is 0.0671. The second-order valence-corrected chi connectivity index (χ2v) is 6.96. The Kier molecular flexibility index (Phi) is 5.33. The highest BCUT2D eigenvalue weighted by Gasteiger charge is 2.16. The molecule has 0 atom stereocenters. The monoisotopic (exact) mass is 311 g/mol. The number of likely N-dealkylation sites (tertiary alicyclic amines) is 1. The number of hydrogen-bond donors (Lipinski definition) is 2. The molecule has 1 saturated heterocycles. The molecule has 1 amide bonds. The van der Waals surface area contributed by atoms with Crippen molar-refractivity contribution in [3.63, 3.8) is 0 Å². The first-order valence-electron chi connectivity index (χ1n) is 7.11. The highest BCUT2D eigenvalue weighted by molar-refractivity contribution is 7.89. The number of benzene rings is 1. The summed E-state index contributed by atoms with van der Waals surface area (Å²) in [5, 5.41) is 0. The second-order valence-electron chi connectivity index (χ2n) is 5.19. The molecule has 0 unspecified atom stereocenters. The van der Waals surface area contributed by atoms with E-state index in [2.05, 4.69) is 9.62 Å². The quantitative estimate of drug-likeness (QED) is 0.802. The Labute approximate surface area is 125 Å². The van der Waals surface area contributed by atoms with E-state index < -0.39 is 15.9 Å². The lowest BCUT2D eigenvalue weighted by Crippen LogP contribution is -2.37. The number of primary amides is 1. The highest BCUT2D eigenvalue weighted by Crippen LogP contribution is 2.11. The number of amides is 1. The Bertz CT molecular complexity index is 595. The molecule has 1 aliphatic rings. The van der Waals surface area contributed by atoms with E-state index in [1.807, 2.05) is 0 Å². The molecule has 0 saturated carbocycles. The van der Waals surface area contributed by atoms with Crippen molar-refractivity contribution in [1.29, 1.82) is 0 Å². The summed E-state index contributed by atoms with van der Waals surface area (Å²) in [4.78, 5) is 13.4. The van der Waals surface area contributed by atoms with E-state index in [0.717, 1.165) is 13.1 Å². The van der Waals surface area contributed by atoms with Crippen LogP contribution in [0.15, 0.2) is 29.2 Å². The second kappa shape index (κ2) is 7.02. The van der Waals surface area contributed by atoms with E-state index >= 15 is 0 Å². The number of nitrogens with one attached hydrogen (secondary N) is 1. The number of rotatable bonds is 6. The number of piperidine rings is 1. The van der Waals surface area contributed by atoms with Crippen molar-refractivity contribution < 1.29 is 13.2 Å². The lowest BCUT2D eigenvalue weighted by Gasteiger charge is -2.26. The van der Waals surface area contributed by atoms with E-state index in [4.69, 9.17) is 5.73 Å². The number of sulfonamides is 1. The van der Waals surface area contributed by atoms with Gasteiger partial charge in [0.2, 0.25) is 15.9 Å². The number of nitrogens with zero attached hydrogens (tertiary/aromatic N) is 1.